The molecule has 6 nitrogen and oxygen atoms in total. The fourth-order valence-corrected chi connectivity index (χ4v) is 5.74. The van der Waals surface area contributed by atoms with Gasteiger partial charge in [0.25, 0.3) is 0 Å². The van der Waals surface area contributed by atoms with Crippen molar-refractivity contribution in [2.24, 2.45) is 0 Å². The number of piperidine rings is 1. The van der Waals surface area contributed by atoms with E-state index < -0.39 is 10.0 Å². The van der Waals surface area contributed by atoms with Gasteiger partial charge in [0, 0.05) is 31.2 Å². The summed E-state index contributed by atoms with van der Waals surface area (Å²) in [5.41, 5.74) is 3.59. The van der Waals surface area contributed by atoms with Crippen LogP contribution in [0.4, 0.5) is 5.69 Å². The van der Waals surface area contributed by atoms with E-state index in [4.69, 9.17) is 4.74 Å². The standard InChI is InChI=1S/C27H33N3O3S.2ClH/c1-30(34(31,32)20-21-10-5-3-6-11-21)24-15-16-26(33-2)23(18-24)19-29-25-14-9-17-28-27(25)22-12-7-4-8-13-22;;/h3-8,10-13,15-16,18,25,27-29H,9,14,17,19-20H2,1-2H3;2*1H/t25-,27-;;/m0../s1. The minimum Gasteiger partial charge on any atom is -0.496 e. The molecule has 9 heteroatoms. The first-order valence-electron chi connectivity index (χ1n) is 11.7. The van der Waals surface area contributed by atoms with Crippen LogP contribution in [0.25, 0.3) is 0 Å². The van der Waals surface area contributed by atoms with E-state index in [9.17, 15) is 8.42 Å². The molecule has 196 valence electrons. The summed E-state index contributed by atoms with van der Waals surface area (Å²) in [6, 6.07) is 25.8. The van der Waals surface area contributed by atoms with E-state index in [1.165, 1.54) is 9.87 Å². The summed E-state index contributed by atoms with van der Waals surface area (Å²) in [5.74, 6) is 0.696. The minimum absolute atomic E-state index is 0. The highest BCUT2D eigenvalue weighted by atomic mass is 35.5. The van der Waals surface area contributed by atoms with Crippen LogP contribution in [0.3, 0.4) is 0 Å². The van der Waals surface area contributed by atoms with E-state index in [-0.39, 0.29) is 42.7 Å². The lowest BCUT2D eigenvalue weighted by atomic mass is 9.92. The van der Waals surface area contributed by atoms with Gasteiger partial charge in [-0.25, -0.2) is 8.42 Å². The molecule has 2 atom stereocenters. The third-order valence-corrected chi connectivity index (χ3v) is 8.15. The van der Waals surface area contributed by atoms with Crippen LogP contribution in [0, 0.1) is 0 Å². The summed E-state index contributed by atoms with van der Waals surface area (Å²) in [5, 5.41) is 7.34. The lowest BCUT2D eigenvalue weighted by Crippen LogP contribution is -2.45. The first-order chi connectivity index (χ1) is 16.5. The number of hydrogen-bond donors (Lipinski definition) is 2. The molecule has 0 aliphatic carbocycles. The van der Waals surface area contributed by atoms with E-state index in [1.807, 2.05) is 48.5 Å². The smallest absolute Gasteiger partial charge is 0.239 e. The first-order valence-corrected chi connectivity index (χ1v) is 13.3. The van der Waals surface area contributed by atoms with E-state index in [2.05, 4.69) is 34.9 Å². The van der Waals surface area contributed by atoms with E-state index in [0.29, 0.717) is 12.2 Å². The number of hydrogen-bond acceptors (Lipinski definition) is 5. The maximum Gasteiger partial charge on any atom is 0.239 e. The van der Waals surface area contributed by atoms with Crippen LogP contribution in [0.5, 0.6) is 5.75 Å². The van der Waals surface area contributed by atoms with Crippen LogP contribution in [-0.2, 0) is 22.3 Å². The first kappa shape index (κ1) is 29.9. The van der Waals surface area contributed by atoms with Crippen LogP contribution in [0.15, 0.2) is 78.9 Å². The minimum atomic E-state index is -3.52. The molecule has 1 aliphatic rings. The lowest BCUT2D eigenvalue weighted by Gasteiger charge is -2.34. The molecule has 3 aromatic carbocycles. The molecule has 36 heavy (non-hydrogen) atoms. The van der Waals surface area contributed by atoms with Crippen molar-refractivity contribution in [3.05, 3.63) is 95.6 Å². The van der Waals surface area contributed by atoms with E-state index >= 15 is 0 Å². The number of halogens is 2. The molecule has 0 unspecified atom stereocenters. The second-order valence-electron chi connectivity index (χ2n) is 8.68. The fourth-order valence-electron chi connectivity index (χ4n) is 4.50. The van der Waals surface area contributed by atoms with Crippen LogP contribution in [0.2, 0.25) is 0 Å². The van der Waals surface area contributed by atoms with E-state index in [1.54, 1.807) is 20.2 Å². The van der Waals surface area contributed by atoms with Gasteiger partial charge in [-0.2, -0.15) is 0 Å². The molecule has 0 bridgehead atoms. The van der Waals surface area contributed by atoms with Crippen molar-refractivity contribution in [3.63, 3.8) is 0 Å². The number of sulfonamides is 1. The Balaban J connectivity index is 0.00000228. The molecule has 0 aromatic heterocycles. The van der Waals surface area contributed by atoms with Crippen molar-refractivity contribution in [3.8, 4) is 5.75 Å². The third-order valence-electron chi connectivity index (χ3n) is 6.41. The molecule has 3 aromatic rings. The van der Waals surface area contributed by atoms with Gasteiger partial charge in [-0.3, -0.25) is 4.31 Å². The SMILES string of the molecule is COc1ccc(N(C)S(=O)(=O)Cc2ccccc2)cc1CN[C@H]1CCCN[C@H]1c1ccccc1.Cl.Cl. The zero-order chi connectivity index (χ0) is 24.0. The Morgan fingerprint density at radius 2 is 1.67 bits per heavy atom. The Morgan fingerprint density at radius 1 is 1.00 bits per heavy atom. The largest absolute Gasteiger partial charge is 0.496 e. The van der Waals surface area contributed by atoms with Gasteiger partial charge in [0.05, 0.1) is 18.6 Å². The molecule has 0 amide bonds. The molecule has 0 spiro atoms. The van der Waals surface area contributed by atoms with Crippen molar-refractivity contribution < 1.29 is 13.2 Å². The monoisotopic (exact) mass is 551 g/mol. The van der Waals surface area contributed by atoms with Crippen molar-refractivity contribution >= 4 is 40.5 Å². The van der Waals surface area contributed by atoms with Crippen molar-refractivity contribution in [2.45, 2.75) is 37.2 Å². The van der Waals surface area contributed by atoms with Crippen LogP contribution in [-0.4, -0.2) is 35.2 Å². The summed E-state index contributed by atoms with van der Waals surface area (Å²) in [6.07, 6.45) is 2.18. The quantitative estimate of drug-likeness (QED) is 0.387. The number of anilines is 1. The second kappa shape index (κ2) is 13.9. The van der Waals surface area contributed by atoms with Crippen molar-refractivity contribution in [1.82, 2.24) is 10.6 Å². The van der Waals surface area contributed by atoms with Gasteiger partial charge in [0.2, 0.25) is 10.0 Å². The zero-order valence-electron chi connectivity index (χ0n) is 20.6. The van der Waals surface area contributed by atoms with Gasteiger partial charge in [-0.15, -0.1) is 24.8 Å². The normalized spacial score (nSPS) is 17.4. The Bertz CT molecular complexity index is 1180. The molecular weight excluding hydrogens is 517 g/mol. The van der Waals surface area contributed by atoms with Crippen molar-refractivity contribution in [1.29, 1.82) is 0 Å². The highest BCUT2D eigenvalue weighted by molar-refractivity contribution is 7.92. The van der Waals surface area contributed by atoms with Crippen LogP contribution in [0.1, 0.15) is 35.6 Å². The maximum absolute atomic E-state index is 13.0. The Labute approximate surface area is 227 Å². The lowest BCUT2D eigenvalue weighted by molar-refractivity contribution is 0.303. The Hall–Kier alpha value is -2.29. The Kier molecular flexibility index (Phi) is 11.5. The summed E-state index contributed by atoms with van der Waals surface area (Å²) in [4.78, 5) is 0. The molecule has 2 N–H and O–H groups in total. The number of nitrogens with one attached hydrogen (secondary N) is 2. The molecule has 1 heterocycles. The second-order valence-corrected chi connectivity index (χ2v) is 10.7. The van der Waals surface area contributed by atoms with Gasteiger partial charge < -0.3 is 15.4 Å². The number of methoxy groups -OCH3 is 1. The molecule has 1 saturated heterocycles. The number of rotatable bonds is 9. The topological polar surface area (TPSA) is 70.7 Å². The summed E-state index contributed by atoms with van der Waals surface area (Å²) >= 11 is 0. The van der Waals surface area contributed by atoms with Gasteiger partial charge in [-0.1, -0.05) is 60.7 Å². The average Bonchev–Trinajstić information content (AvgIpc) is 2.88. The number of benzene rings is 3. The fraction of sp³-hybridized carbons (Fsp3) is 0.333. The highest BCUT2D eigenvalue weighted by Crippen LogP contribution is 2.29. The van der Waals surface area contributed by atoms with Gasteiger partial charge in [-0.05, 0) is 48.7 Å². The molecule has 4 rings (SSSR count). The zero-order valence-corrected chi connectivity index (χ0v) is 23.0. The Morgan fingerprint density at radius 3 is 2.33 bits per heavy atom. The van der Waals surface area contributed by atoms with Gasteiger partial charge in [0.15, 0.2) is 0 Å². The maximum atomic E-state index is 13.0. The summed E-state index contributed by atoms with van der Waals surface area (Å²) in [7, 11) is -0.274. The molecule has 0 radical (unpaired) electrons. The number of nitrogens with zero attached hydrogens (tertiary/aromatic N) is 1. The highest BCUT2D eigenvalue weighted by Gasteiger charge is 2.26. The molecule has 1 aliphatic heterocycles. The van der Waals surface area contributed by atoms with E-state index in [0.717, 1.165) is 36.3 Å². The predicted molar refractivity (Wildman–Crippen MR) is 152 cm³/mol. The molecule has 1 fully saturated rings. The summed E-state index contributed by atoms with van der Waals surface area (Å²) in [6.45, 7) is 1.58. The average molecular weight is 553 g/mol. The van der Waals surface area contributed by atoms with Gasteiger partial charge >= 0.3 is 0 Å². The molecular formula is C27H35Cl2N3O3S. The van der Waals surface area contributed by atoms with Crippen LogP contribution >= 0.6 is 24.8 Å². The number of ether oxygens (including phenoxy) is 1. The predicted octanol–water partition coefficient (Wildman–Crippen LogP) is 5.09. The van der Waals surface area contributed by atoms with Crippen molar-refractivity contribution in [2.75, 3.05) is 25.0 Å². The van der Waals surface area contributed by atoms with Gasteiger partial charge in [0.1, 0.15) is 5.75 Å². The molecule has 0 saturated carbocycles. The third kappa shape index (κ3) is 7.37. The van der Waals surface area contributed by atoms with Crippen LogP contribution < -0.4 is 19.7 Å². The summed E-state index contributed by atoms with van der Waals surface area (Å²) < 4.78 is 33.0.